The molecule has 23 heavy (non-hydrogen) atoms. The van der Waals surface area contributed by atoms with E-state index in [0.29, 0.717) is 22.0 Å². The Kier molecular flexibility index (Phi) is 4.02. The molecular weight excluding hydrogens is 314 g/mol. The standard InChI is InChI=1S/C14H15N7OS/c1-9-10(7-17-21(9)11-5-3-4-6-15-11)13(22)16-8-12-18-19-14(23)20(12)2/h3-7H,8H2,1-2H3,(H,16,22)(H,19,23). The summed E-state index contributed by atoms with van der Waals surface area (Å²) in [6, 6.07) is 5.52. The molecule has 3 rings (SSSR count). The van der Waals surface area contributed by atoms with Gasteiger partial charge in [-0.1, -0.05) is 6.07 Å². The summed E-state index contributed by atoms with van der Waals surface area (Å²) in [6.07, 6.45) is 3.21. The second-order valence-corrected chi connectivity index (χ2v) is 5.32. The SMILES string of the molecule is Cc1c(C(=O)NCc2n[nH]c(=S)n2C)cnn1-c1ccccn1. The summed E-state index contributed by atoms with van der Waals surface area (Å²) in [5, 5.41) is 13.8. The molecule has 0 fully saturated rings. The van der Waals surface area contributed by atoms with Gasteiger partial charge in [-0.15, -0.1) is 0 Å². The van der Waals surface area contributed by atoms with Crippen molar-refractivity contribution in [2.24, 2.45) is 7.05 Å². The molecule has 0 aliphatic heterocycles. The first-order chi connectivity index (χ1) is 11.1. The largest absolute Gasteiger partial charge is 0.345 e. The molecule has 2 N–H and O–H groups in total. The molecule has 1 amide bonds. The van der Waals surface area contributed by atoms with Crippen molar-refractivity contribution in [2.75, 3.05) is 0 Å². The zero-order valence-electron chi connectivity index (χ0n) is 12.6. The lowest BCUT2D eigenvalue weighted by Gasteiger charge is -2.05. The van der Waals surface area contributed by atoms with Crippen LogP contribution in [-0.2, 0) is 13.6 Å². The van der Waals surface area contributed by atoms with E-state index in [1.54, 1.807) is 22.5 Å². The summed E-state index contributed by atoms with van der Waals surface area (Å²) in [4.78, 5) is 16.6. The van der Waals surface area contributed by atoms with Gasteiger partial charge in [0.05, 0.1) is 24.0 Å². The van der Waals surface area contributed by atoms with E-state index in [4.69, 9.17) is 12.2 Å². The highest BCUT2D eigenvalue weighted by Gasteiger charge is 2.16. The van der Waals surface area contributed by atoms with Crippen LogP contribution in [0, 0.1) is 11.7 Å². The van der Waals surface area contributed by atoms with Crippen molar-refractivity contribution in [3.8, 4) is 5.82 Å². The van der Waals surface area contributed by atoms with E-state index < -0.39 is 0 Å². The maximum atomic E-state index is 12.3. The Hall–Kier alpha value is -2.81. The van der Waals surface area contributed by atoms with Crippen LogP contribution in [0.1, 0.15) is 21.9 Å². The molecular formula is C14H15N7OS. The lowest BCUT2D eigenvalue weighted by molar-refractivity contribution is 0.0949. The minimum atomic E-state index is -0.224. The maximum Gasteiger partial charge on any atom is 0.255 e. The van der Waals surface area contributed by atoms with Crippen LogP contribution in [0.4, 0.5) is 0 Å². The van der Waals surface area contributed by atoms with Gasteiger partial charge in [-0.3, -0.25) is 9.89 Å². The number of hydrogen-bond donors (Lipinski definition) is 2. The number of aromatic nitrogens is 6. The fourth-order valence-corrected chi connectivity index (χ4v) is 2.29. The summed E-state index contributed by atoms with van der Waals surface area (Å²) in [5.74, 6) is 1.09. The third kappa shape index (κ3) is 2.90. The molecule has 118 valence electrons. The molecule has 0 spiro atoms. The third-order valence-corrected chi connectivity index (χ3v) is 3.87. The minimum absolute atomic E-state index is 0.224. The average Bonchev–Trinajstić information content (AvgIpc) is 3.10. The second-order valence-electron chi connectivity index (χ2n) is 4.93. The number of nitrogens with zero attached hydrogens (tertiary/aromatic N) is 5. The van der Waals surface area contributed by atoms with Crippen molar-refractivity contribution >= 4 is 18.1 Å². The van der Waals surface area contributed by atoms with E-state index in [1.807, 2.05) is 25.1 Å². The van der Waals surface area contributed by atoms with Gasteiger partial charge < -0.3 is 9.88 Å². The van der Waals surface area contributed by atoms with Crippen LogP contribution in [-0.4, -0.2) is 35.4 Å². The smallest absolute Gasteiger partial charge is 0.255 e. The number of aromatic amines is 1. The summed E-state index contributed by atoms with van der Waals surface area (Å²) in [6.45, 7) is 2.10. The van der Waals surface area contributed by atoms with E-state index >= 15 is 0 Å². The number of H-pyrrole nitrogens is 1. The van der Waals surface area contributed by atoms with Crippen molar-refractivity contribution in [3.05, 3.63) is 52.4 Å². The predicted molar refractivity (Wildman–Crippen MR) is 85.7 cm³/mol. The summed E-state index contributed by atoms with van der Waals surface area (Å²) in [7, 11) is 1.79. The minimum Gasteiger partial charge on any atom is -0.345 e. The first kappa shape index (κ1) is 15.1. The van der Waals surface area contributed by atoms with Crippen molar-refractivity contribution in [1.82, 2.24) is 34.8 Å². The van der Waals surface area contributed by atoms with E-state index in [9.17, 15) is 4.79 Å². The monoisotopic (exact) mass is 329 g/mol. The average molecular weight is 329 g/mol. The number of pyridine rings is 1. The van der Waals surface area contributed by atoms with Gasteiger partial charge in [0, 0.05) is 13.2 Å². The zero-order valence-corrected chi connectivity index (χ0v) is 13.5. The van der Waals surface area contributed by atoms with Crippen LogP contribution < -0.4 is 5.32 Å². The Morgan fingerprint density at radius 1 is 1.43 bits per heavy atom. The number of carbonyl (C=O) groups excluding carboxylic acids is 1. The number of hydrogen-bond acceptors (Lipinski definition) is 5. The first-order valence-electron chi connectivity index (χ1n) is 6.92. The molecule has 3 aromatic heterocycles. The van der Waals surface area contributed by atoms with Gasteiger partial charge in [-0.25, -0.2) is 9.67 Å². The van der Waals surface area contributed by atoms with Gasteiger partial charge in [0.25, 0.3) is 5.91 Å². The molecule has 0 unspecified atom stereocenters. The molecule has 0 aromatic carbocycles. The van der Waals surface area contributed by atoms with Crippen molar-refractivity contribution in [2.45, 2.75) is 13.5 Å². The summed E-state index contributed by atoms with van der Waals surface area (Å²) < 4.78 is 3.85. The highest BCUT2D eigenvalue weighted by molar-refractivity contribution is 7.71. The van der Waals surface area contributed by atoms with Gasteiger partial charge in [-0.05, 0) is 31.3 Å². The lowest BCUT2D eigenvalue weighted by atomic mass is 10.2. The van der Waals surface area contributed by atoms with E-state index in [-0.39, 0.29) is 12.5 Å². The van der Waals surface area contributed by atoms with Crippen molar-refractivity contribution in [1.29, 1.82) is 0 Å². The molecule has 0 aliphatic carbocycles. The van der Waals surface area contributed by atoms with Crippen molar-refractivity contribution < 1.29 is 4.79 Å². The van der Waals surface area contributed by atoms with E-state index in [0.717, 1.165) is 5.69 Å². The molecule has 8 nitrogen and oxygen atoms in total. The molecule has 0 radical (unpaired) electrons. The predicted octanol–water partition coefficient (Wildman–Crippen LogP) is 1.30. The van der Waals surface area contributed by atoms with E-state index in [2.05, 4.69) is 25.6 Å². The van der Waals surface area contributed by atoms with E-state index in [1.165, 1.54) is 6.20 Å². The van der Waals surface area contributed by atoms with Gasteiger partial charge >= 0.3 is 0 Å². The zero-order chi connectivity index (χ0) is 16.4. The summed E-state index contributed by atoms with van der Waals surface area (Å²) >= 11 is 5.04. The van der Waals surface area contributed by atoms with Crippen LogP contribution in [0.25, 0.3) is 5.82 Å². The van der Waals surface area contributed by atoms with Gasteiger partial charge in [0.2, 0.25) is 0 Å². The normalized spacial score (nSPS) is 10.7. The first-order valence-corrected chi connectivity index (χ1v) is 7.33. The van der Waals surface area contributed by atoms with Crippen LogP contribution >= 0.6 is 12.2 Å². The molecule has 9 heteroatoms. The maximum absolute atomic E-state index is 12.3. The Morgan fingerprint density at radius 2 is 2.26 bits per heavy atom. The quantitative estimate of drug-likeness (QED) is 0.704. The van der Waals surface area contributed by atoms with Crippen molar-refractivity contribution in [3.63, 3.8) is 0 Å². The van der Waals surface area contributed by atoms with Gasteiger partial charge in [0.15, 0.2) is 16.4 Å². The van der Waals surface area contributed by atoms with Crippen LogP contribution in [0.5, 0.6) is 0 Å². The Balaban J connectivity index is 1.77. The Bertz CT molecular complexity index is 893. The highest BCUT2D eigenvalue weighted by Crippen LogP contribution is 2.12. The van der Waals surface area contributed by atoms with Gasteiger partial charge in [0.1, 0.15) is 0 Å². The molecule has 3 heterocycles. The molecule has 0 atom stereocenters. The third-order valence-electron chi connectivity index (χ3n) is 3.50. The number of amides is 1. The van der Waals surface area contributed by atoms with Crippen LogP contribution in [0.15, 0.2) is 30.6 Å². The molecule has 3 aromatic rings. The fourth-order valence-electron chi connectivity index (χ4n) is 2.13. The Morgan fingerprint density at radius 3 is 2.91 bits per heavy atom. The second kappa shape index (κ2) is 6.13. The molecule has 0 aliphatic rings. The van der Waals surface area contributed by atoms with Gasteiger partial charge in [-0.2, -0.15) is 10.2 Å². The molecule has 0 saturated carbocycles. The molecule has 0 bridgehead atoms. The summed E-state index contributed by atoms with van der Waals surface area (Å²) in [5.41, 5.74) is 1.21. The van der Waals surface area contributed by atoms with Crippen LogP contribution in [0.3, 0.4) is 0 Å². The number of rotatable bonds is 4. The Labute approximate surface area is 137 Å². The fraction of sp³-hybridized carbons (Fsp3) is 0.214. The highest BCUT2D eigenvalue weighted by atomic mass is 32.1. The number of nitrogens with one attached hydrogen (secondary N) is 2. The topological polar surface area (TPSA) is 93.4 Å². The lowest BCUT2D eigenvalue weighted by Crippen LogP contribution is -2.25. The number of carbonyl (C=O) groups is 1. The molecule has 0 saturated heterocycles. The van der Waals surface area contributed by atoms with Crippen LogP contribution in [0.2, 0.25) is 0 Å².